The molecule has 6 rings (SSSR count). The van der Waals surface area contributed by atoms with E-state index in [4.69, 9.17) is 18.9 Å². The van der Waals surface area contributed by atoms with Gasteiger partial charge in [-0.15, -0.1) is 0 Å². The Morgan fingerprint density at radius 2 is 1.21 bits per heavy atom. The van der Waals surface area contributed by atoms with Crippen molar-refractivity contribution in [3.63, 3.8) is 0 Å². The number of rotatable bonds is 4. The van der Waals surface area contributed by atoms with Gasteiger partial charge in [-0.05, 0) is 29.7 Å². The third-order valence-electron chi connectivity index (χ3n) is 5.74. The Kier molecular flexibility index (Phi) is 3.29. The molecule has 0 atom stereocenters. The van der Waals surface area contributed by atoms with Crippen LogP contribution in [0, 0.1) is 0 Å². The van der Waals surface area contributed by atoms with Crippen LogP contribution < -0.4 is 18.9 Å². The fourth-order valence-corrected chi connectivity index (χ4v) is 4.41. The highest BCUT2D eigenvalue weighted by atomic mass is 16.7. The molecule has 4 aromatic rings. The lowest BCUT2D eigenvalue weighted by Gasteiger charge is -2.16. The molecule has 142 valence electrons. The predicted octanol–water partition coefficient (Wildman–Crippen LogP) is 5.04. The number of nitrogens with one attached hydrogen (secondary N) is 2. The number of hydrogen-bond donors (Lipinski definition) is 2. The lowest BCUT2D eigenvalue weighted by Crippen LogP contribution is -1.99. The fraction of sp³-hybridized carbons (Fsp3) is 0.273. The average molecular weight is 376 g/mol. The number of H-pyrrole nitrogens is 2. The Balaban J connectivity index is 1.52. The van der Waals surface area contributed by atoms with Crippen molar-refractivity contribution in [2.75, 3.05) is 13.6 Å². The summed E-state index contributed by atoms with van der Waals surface area (Å²) in [6.07, 6.45) is 6.36. The normalized spacial score (nSPS) is 14.6. The van der Waals surface area contributed by atoms with Crippen molar-refractivity contribution in [3.05, 3.63) is 47.8 Å². The van der Waals surface area contributed by atoms with E-state index >= 15 is 0 Å². The van der Waals surface area contributed by atoms with Gasteiger partial charge in [-0.1, -0.05) is 13.3 Å². The van der Waals surface area contributed by atoms with Crippen molar-refractivity contribution in [2.24, 2.45) is 0 Å². The second-order valence-corrected chi connectivity index (χ2v) is 7.33. The summed E-state index contributed by atoms with van der Waals surface area (Å²) in [7, 11) is 0. The van der Waals surface area contributed by atoms with Gasteiger partial charge in [-0.3, -0.25) is 0 Å². The van der Waals surface area contributed by atoms with Crippen molar-refractivity contribution < 1.29 is 18.9 Å². The summed E-state index contributed by atoms with van der Waals surface area (Å²) < 4.78 is 22.3. The standard InChI is InChI=1S/C22H20N2O4/c1-2-3-12(15-8-23-17-6-21-19(4-13(15)17)25-10-27-21)16-9-24-18-7-22-20(5-14(16)18)26-11-28-22/h4-9,12,23-24H,2-3,10-11H2,1H3. The van der Waals surface area contributed by atoms with Gasteiger partial charge in [0.1, 0.15) is 0 Å². The van der Waals surface area contributed by atoms with Crippen LogP contribution >= 0.6 is 0 Å². The molecule has 2 aliphatic heterocycles. The third-order valence-corrected chi connectivity index (χ3v) is 5.74. The zero-order valence-corrected chi connectivity index (χ0v) is 15.5. The second-order valence-electron chi connectivity index (χ2n) is 7.33. The summed E-state index contributed by atoms with van der Waals surface area (Å²) in [6, 6.07) is 8.24. The van der Waals surface area contributed by atoms with Crippen molar-refractivity contribution in [3.8, 4) is 23.0 Å². The molecule has 2 aromatic heterocycles. The first-order chi connectivity index (χ1) is 13.8. The summed E-state index contributed by atoms with van der Waals surface area (Å²) in [5.41, 5.74) is 4.68. The van der Waals surface area contributed by atoms with Gasteiger partial charge in [0.05, 0.1) is 0 Å². The number of aromatic nitrogens is 2. The van der Waals surface area contributed by atoms with Crippen molar-refractivity contribution in [1.82, 2.24) is 9.97 Å². The monoisotopic (exact) mass is 376 g/mol. The van der Waals surface area contributed by atoms with Crippen molar-refractivity contribution >= 4 is 21.8 Å². The van der Waals surface area contributed by atoms with Gasteiger partial charge >= 0.3 is 0 Å². The Bertz CT molecular complexity index is 1110. The number of aromatic amines is 2. The van der Waals surface area contributed by atoms with Gasteiger partial charge in [0.2, 0.25) is 13.6 Å². The Labute approximate surface area is 161 Å². The van der Waals surface area contributed by atoms with E-state index in [9.17, 15) is 0 Å². The molecule has 0 amide bonds. The summed E-state index contributed by atoms with van der Waals surface area (Å²) in [5.74, 6) is 3.48. The minimum absolute atomic E-state index is 0.258. The molecule has 0 aliphatic carbocycles. The average Bonchev–Trinajstić information content (AvgIpc) is 3.47. The first-order valence-electron chi connectivity index (χ1n) is 9.63. The molecule has 2 aromatic carbocycles. The summed E-state index contributed by atoms with van der Waals surface area (Å²) in [4.78, 5) is 6.84. The quantitative estimate of drug-likeness (QED) is 0.524. The van der Waals surface area contributed by atoms with E-state index in [0.29, 0.717) is 0 Å². The zero-order chi connectivity index (χ0) is 18.7. The third kappa shape index (κ3) is 2.21. The molecular formula is C22H20N2O4. The van der Waals surface area contributed by atoms with E-state index in [1.165, 1.54) is 21.9 Å². The van der Waals surface area contributed by atoms with Gasteiger partial charge in [-0.25, -0.2) is 0 Å². The highest BCUT2D eigenvalue weighted by Gasteiger charge is 2.25. The minimum Gasteiger partial charge on any atom is -0.454 e. The van der Waals surface area contributed by atoms with Gasteiger partial charge in [0, 0.05) is 52.3 Å². The van der Waals surface area contributed by atoms with Crippen LogP contribution in [-0.4, -0.2) is 23.6 Å². The van der Waals surface area contributed by atoms with Gasteiger partial charge in [-0.2, -0.15) is 0 Å². The number of fused-ring (bicyclic) bond motifs is 4. The van der Waals surface area contributed by atoms with Crippen LogP contribution in [0.1, 0.15) is 36.8 Å². The molecule has 6 nitrogen and oxygen atoms in total. The van der Waals surface area contributed by atoms with Crippen LogP contribution in [0.15, 0.2) is 36.7 Å². The van der Waals surface area contributed by atoms with Gasteiger partial charge in [0.25, 0.3) is 0 Å². The van der Waals surface area contributed by atoms with Gasteiger partial charge < -0.3 is 28.9 Å². The summed E-state index contributed by atoms with van der Waals surface area (Å²) >= 11 is 0. The van der Waals surface area contributed by atoms with Crippen LogP contribution in [0.3, 0.4) is 0 Å². The lowest BCUT2D eigenvalue weighted by molar-refractivity contribution is 0.173. The van der Waals surface area contributed by atoms with Gasteiger partial charge in [0.15, 0.2) is 23.0 Å². The largest absolute Gasteiger partial charge is 0.454 e. The fourth-order valence-electron chi connectivity index (χ4n) is 4.41. The zero-order valence-electron chi connectivity index (χ0n) is 15.5. The van der Waals surface area contributed by atoms with Crippen LogP contribution in [0.25, 0.3) is 21.8 Å². The summed E-state index contributed by atoms with van der Waals surface area (Å²) in [6.45, 7) is 2.79. The molecule has 0 bridgehead atoms. The molecule has 0 fully saturated rings. The Morgan fingerprint density at radius 1 is 0.750 bits per heavy atom. The van der Waals surface area contributed by atoms with Crippen LogP contribution in [0.5, 0.6) is 23.0 Å². The Morgan fingerprint density at radius 3 is 1.68 bits per heavy atom. The van der Waals surface area contributed by atoms with Crippen LogP contribution in [0.4, 0.5) is 0 Å². The van der Waals surface area contributed by atoms with Crippen LogP contribution in [-0.2, 0) is 0 Å². The van der Waals surface area contributed by atoms with E-state index < -0.39 is 0 Å². The maximum Gasteiger partial charge on any atom is 0.231 e. The minimum atomic E-state index is 0.258. The molecular weight excluding hydrogens is 356 g/mol. The van der Waals surface area contributed by atoms with Crippen molar-refractivity contribution in [2.45, 2.75) is 25.7 Å². The molecule has 28 heavy (non-hydrogen) atoms. The lowest BCUT2D eigenvalue weighted by atomic mass is 9.87. The molecule has 0 saturated heterocycles. The molecule has 2 aliphatic rings. The topological polar surface area (TPSA) is 68.5 Å². The maximum atomic E-state index is 5.61. The first kappa shape index (κ1) is 15.7. The van der Waals surface area contributed by atoms with Crippen molar-refractivity contribution in [1.29, 1.82) is 0 Å². The smallest absolute Gasteiger partial charge is 0.231 e. The molecule has 0 spiro atoms. The molecule has 4 heterocycles. The predicted molar refractivity (Wildman–Crippen MR) is 106 cm³/mol. The number of ether oxygens (including phenoxy) is 4. The highest BCUT2D eigenvalue weighted by molar-refractivity contribution is 5.91. The molecule has 6 heteroatoms. The molecule has 0 radical (unpaired) electrons. The summed E-state index contributed by atoms with van der Waals surface area (Å²) in [5, 5.41) is 2.36. The first-order valence-corrected chi connectivity index (χ1v) is 9.63. The van der Waals surface area contributed by atoms with E-state index in [1.807, 2.05) is 12.1 Å². The highest BCUT2D eigenvalue weighted by Crippen LogP contribution is 2.44. The number of hydrogen-bond acceptors (Lipinski definition) is 4. The molecule has 2 N–H and O–H groups in total. The number of benzene rings is 2. The van der Waals surface area contributed by atoms with E-state index in [-0.39, 0.29) is 19.5 Å². The molecule has 0 saturated carbocycles. The second kappa shape index (κ2) is 5.86. The Hall–Kier alpha value is -3.28. The van der Waals surface area contributed by atoms with E-state index in [0.717, 1.165) is 46.9 Å². The van der Waals surface area contributed by atoms with E-state index in [1.54, 1.807) is 0 Å². The van der Waals surface area contributed by atoms with E-state index in [2.05, 4.69) is 41.4 Å². The van der Waals surface area contributed by atoms with Crippen LogP contribution in [0.2, 0.25) is 0 Å². The SMILES string of the molecule is CCCC(c1c[nH]c2cc3c(cc12)OCO3)c1c[nH]c2cc3c(cc12)OCO3. The molecule has 0 unspecified atom stereocenters. The maximum absolute atomic E-state index is 5.61.